The number of ketones is 1. The Morgan fingerprint density at radius 3 is 2.49 bits per heavy atom. The Labute approximate surface area is 210 Å². The van der Waals surface area contributed by atoms with Crippen molar-refractivity contribution in [3.8, 4) is 0 Å². The van der Waals surface area contributed by atoms with Gasteiger partial charge in [0.05, 0.1) is 24.6 Å². The molecule has 4 atom stereocenters. The molecule has 0 saturated carbocycles. The van der Waals surface area contributed by atoms with Crippen LogP contribution in [0, 0.1) is 11.3 Å². The summed E-state index contributed by atoms with van der Waals surface area (Å²) in [7, 11) is -2.17. The lowest BCUT2D eigenvalue weighted by atomic mass is 9.62. The van der Waals surface area contributed by atoms with E-state index in [0.717, 1.165) is 5.56 Å². The van der Waals surface area contributed by atoms with Crippen LogP contribution in [0.15, 0.2) is 43.0 Å². The van der Waals surface area contributed by atoms with E-state index in [2.05, 4.69) is 45.8 Å². The number of amides is 1. The molecule has 1 aromatic rings. The largest absolute Gasteiger partial charge is 0.461 e. The van der Waals surface area contributed by atoms with Crippen molar-refractivity contribution in [3.05, 3.63) is 48.6 Å². The number of rotatable bonds is 9. The van der Waals surface area contributed by atoms with E-state index in [0.29, 0.717) is 13.1 Å². The van der Waals surface area contributed by atoms with E-state index < -0.39 is 37.8 Å². The molecule has 1 aromatic carbocycles. The van der Waals surface area contributed by atoms with Gasteiger partial charge in [0.25, 0.3) is 0 Å². The number of piperidine rings is 1. The normalized spacial score (nSPS) is 26.5. The summed E-state index contributed by atoms with van der Waals surface area (Å²) >= 11 is 0. The number of hydrogen-bond acceptors (Lipinski definition) is 6. The van der Waals surface area contributed by atoms with Crippen molar-refractivity contribution < 1.29 is 23.5 Å². The molecular formula is C27H40N2O5Si. The molecule has 0 aromatic heterocycles. The number of benzene rings is 1. The number of ether oxygens (including phenoxy) is 1. The average Bonchev–Trinajstić information content (AvgIpc) is 2.76. The van der Waals surface area contributed by atoms with Gasteiger partial charge in [-0.25, -0.2) is 0 Å². The molecule has 2 heterocycles. The summed E-state index contributed by atoms with van der Waals surface area (Å²) in [6, 6.07) is 9.28. The maximum atomic E-state index is 13.7. The number of carbonyl (C=O) groups excluding carboxylic acids is 3. The maximum Gasteiger partial charge on any atom is 0.322 e. The van der Waals surface area contributed by atoms with Crippen molar-refractivity contribution in [2.45, 2.75) is 70.9 Å². The van der Waals surface area contributed by atoms with E-state index in [9.17, 15) is 14.4 Å². The Balaban J connectivity index is 1.85. The Hall–Kier alpha value is -2.29. The quantitative estimate of drug-likeness (QED) is 0.183. The average molecular weight is 501 g/mol. The number of Topliss-reactive ketones (excluding diaryl/α,β-unsaturated/α-hetero) is 1. The monoisotopic (exact) mass is 500 g/mol. The van der Waals surface area contributed by atoms with E-state index in [1.807, 2.05) is 42.2 Å². The minimum Gasteiger partial charge on any atom is -0.461 e. The topological polar surface area (TPSA) is 84.9 Å². The maximum absolute atomic E-state index is 13.7. The number of β-lactam (4-membered cyclic amide) rings is 1. The smallest absolute Gasteiger partial charge is 0.322 e. The first-order valence-corrected chi connectivity index (χ1v) is 15.3. The van der Waals surface area contributed by atoms with E-state index in [1.165, 1.54) is 6.08 Å². The molecular weight excluding hydrogens is 460 g/mol. The number of likely N-dealkylation sites (tertiary alicyclic amines) is 1. The van der Waals surface area contributed by atoms with Crippen LogP contribution in [-0.2, 0) is 30.1 Å². The minimum absolute atomic E-state index is 0.0168. The highest BCUT2D eigenvalue weighted by molar-refractivity contribution is 6.74. The SMILES string of the molecule is C=CCOC(=O)[C@@]1([C@H]2NC(=O)[C@@H]2[C@@H](C)O[Si](C)(C)C(C)(C)C)CCN(Cc2ccccc2)CC1=O. The van der Waals surface area contributed by atoms with Gasteiger partial charge in [0.2, 0.25) is 5.91 Å². The fourth-order valence-corrected chi connectivity index (χ4v) is 6.26. The van der Waals surface area contributed by atoms with E-state index in [4.69, 9.17) is 9.16 Å². The second-order valence-electron chi connectivity index (χ2n) is 11.3. The van der Waals surface area contributed by atoms with Gasteiger partial charge < -0.3 is 14.5 Å². The third-order valence-electron chi connectivity index (χ3n) is 7.92. The summed E-state index contributed by atoms with van der Waals surface area (Å²) in [6.45, 7) is 17.5. The van der Waals surface area contributed by atoms with Crippen LogP contribution in [0.25, 0.3) is 0 Å². The van der Waals surface area contributed by atoms with Crippen LogP contribution < -0.4 is 5.32 Å². The molecule has 2 saturated heterocycles. The molecule has 3 rings (SSSR count). The lowest BCUT2D eigenvalue weighted by molar-refractivity contribution is -0.174. The molecule has 2 aliphatic heterocycles. The van der Waals surface area contributed by atoms with Gasteiger partial charge in [0, 0.05) is 13.1 Å². The van der Waals surface area contributed by atoms with Crippen molar-refractivity contribution in [3.63, 3.8) is 0 Å². The zero-order chi connectivity index (χ0) is 26.0. The van der Waals surface area contributed by atoms with Crippen molar-refractivity contribution >= 4 is 26.0 Å². The summed E-state index contributed by atoms with van der Waals surface area (Å²) in [5.74, 6) is -1.58. The van der Waals surface area contributed by atoms with Crippen LogP contribution >= 0.6 is 0 Å². The second-order valence-corrected chi connectivity index (χ2v) is 16.1. The molecule has 2 aliphatic rings. The fourth-order valence-electron chi connectivity index (χ4n) is 4.83. The molecule has 0 spiro atoms. The van der Waals surface area contributed by atoms with Crippen molar-refractivity contribution in [1.29, 1.82) is 0 Å². The minimum atomic E-state index is -2.17. The van der Waals surface area contributed by atoms with Crippen LogP contribution in [0.3, 0.4) is 0 Å². The molecule has 0 bridgehead atoms. The molecule has 0 radical (unpaired) electrons. The van der Waals surface area contributed by atoms with Gasteiger partial charge in [-0.1, -0.05) is 63.8 Å². The van der Waals surface area contributed by atoms with E-state index >= 15 is 0 Å². The van der Waals surface area contributed by atoms with Gasteiger partial charge >= 0.3 is 5.97 Å². The van der Waals surface area contributed by atoms with Crippen LogP contribution in [0.5, 0.6) is 0 Å². The zero-order valence-electron chi connectivity index (χ0n) is 21.9. The third kappa shape index (κ3) is 5.44. The van der Waals surface area contributed by atoms with Gasteiger partial charge in [-0.2, -0.15) is 0 Å². The molecule has 0 unspecified atom stereocenters. The summed E-state index contributed by atoms with van der Waals surface area (Å²) in [5.41, 5.74) is -0.326. The molecule has 1 amide bonds. The fraction of sp³-hybridized carbons (Fsp3) is 0.593. The van der Waals surface area contributed by atoms with Crippen molar-refractivity contribution in [2.75, 3.05) is 19.7 Å². The van der Waals surface area contributed by atoms with Crippen LogP contribution in [-0.4, -0.2) is 62.7 Å². The second kappa shape index (κ2) is 10.4. The third-order valence-corrected chi connectivity index (χ3v) is 12.5. The molecule has 192 valence electrons. The molecule has 7 nitrogen and oxygen atoms in total. The van der Waals surface area contributed by atoms with Crippen molar-refractivity contribution in [2.24, 2.45) is 11.3 Å². The number of esters is 1. The highest BCUT2D eigenvalue weighted by Gasteiger charge is 2.64. The summed E-state index contributed by atoms with van der Waals surface area (Å²) in [4.78, 5) is 42.0. The van der Waals surface area contributed by atoms with Crippen LogP contribution in [0.2, 0.25) is 18.1 Å². The summed E-state index contributed by atoms with van der Waals surface area (Å²) in [6.07, 6.45) is 1.35. The number of nitrogens with one attached hydrogen (secondary N) is 1. The highest BCUT2D eigenvalue weighted by Crippen LogP contribution is 2.44. The summed E-state index contributed by atoms with van der Waals surface area (Å²) < 4.78 is 12.0. The first kappa shape index (κ1) is 27.3. The van der Waals surface area contributed by atoms with Gasteiger partial charge in [-0.05, 0) is 37.0 Å². The Kier molecular flexibility index (Phi) is 8.08. The first-order valence-electron chi connectivity index (χ1n) is 12.4. The molecule has 2 fully saturated rings. The van der Waals surface area contributed by atoms with Crippen LogP contribution in [0.4, 0.5) is 0 Å². The van der Waals surface area contributed by atoms with E-state index in [1.54, 1.807) is 0 Å². The number of hydrogen-bond donors (Lipinski definition) is 1. The Morgan fingerprint density at radius 1 is 1.29 bits per heavy atom. The lowest BCUT2D eigenvalue weighted by Gasteiger charge is -2.52. The predicted molar refractivity (Wildman–Crippen MR) is 138 cm³/mol. The molecule has 35 heavy (non-hydrogen) atoms. The van der Waals surface area contributed by atoms with Gasteiger partial charge in [-0.15, -0.1) is 0 Å². The molecule has 8 heteroatoms. The standard InChI is InChI=1S/C27H40N2O5Si/c1-8-16-33-25(32)27(14-15-29(18-21(27)30)17-20-12-10-9-11-13-20)23-22(24(31)28-23)19(2)34-35(6,7)26(3,4)5/h8-13,19,22-23H,1,14-18H2,2-7H3,(H,28,31)/t19-,22-,23+,27+/m1/s1. The molecule has 1 N–H and O–H groups in total. The Morgan fingerprint density at radius 2 is 1.94 bits per heavy atom. The van der Waals surface area contributed by atoms with E-state index in [-0.39, 0.29) is 36.3 Å². The summed E-state index contributed by atoms with van der Waals surface area (Å²) in [5, 5.41) is 2.86. The first-order chi connectivity index (χ1) is 16.3. The number of carbonyl (C=O) groups is 3. The lowest BCUT2D eigenvalue weighted by Crippen LogP contribution is -2.74. The van der Waals surface area contributed by atoms with Gasteiger partial charge in [0.15, 0.2) is 14.1 Å². The van der Waals surface area contributed by atoms with Gasteiger partial charge in [0.1, 0.15) is 12.0 Å². The predicted octanol–water partition coefficient (Wildman–Crippen LogP) is 3.70. The Bertz CT molecular complexity index is 958. The highest BCUT2D eigenvalue weighted by atomic mass is 28.4. The molecule has 0 aliphatic carbocycles. The zero-order valence-corrected chi connectivity index (χ0v) is 22.9. The van der Waals surface area contributed by atoms with Gasteiger partial charge in [-0.3, -0.25) is 19.3 Å². The van der Waals surface area contributed by atoms with Crippen LogP contribution in [0.1, 0.15) is 39.7 Å². The van der Waals surface area contributed by atoms with Crippen molar-refractivity contribution in [1.82, 2.24) is 10.2 Å². The number of nitrogens with zero attached hydrogens (tertiary/aromatic N) is 1.